The quantitative estimate of drug-likeness (QED) is 0.445. The number of hydrazone groups is 1. The van der Waals surface area contributed by atoms with Gasteiger partial charge in [-0.2, -0.15) is 5.10 Å². The molecule has 0 amide bonds. The summed E-state index contributed by atoms with van der Waals surface area (Å²) in [6.45, 7) is 0. The maximum absolute atomic E-state index is 13.4. The van der Waals surface area contributed by atoms with Gasteiger partial charge in [0.15, 0.2) is 14.9 Å². The van der Waals surface area contributed by atoms with Crippen LogP contribution < -0.4 is 11.2 Å². The molecule has 0 bridgehead atoms. The highest BCUT2D eigenvalue weighted by Crippen LogP contribution is 2.32. The summed E-state index contributed by atoms with van der Waals surface area (Å²) in [7, 11) is -3.45. The zero-order valence-electron chi connectivity index (χ0n) is 9.48. The lowest BCUT2D eigenvalue weighted by Crippen LogP contribution is -2.29. The van der Waals surface area contributed by atoms with Gasteiger partial charge in [-0.25, -0.2) is 12.8 Å². The average Bonchev–Trinajstić information content (AvgIpc) is 2.25. The van der Waals surface area contributed by atoms with E-state index in [1.807, 2.05) is 0 Å². The number of hydrogen-bond acceptors (Lipinski definition) is 4. The number of nitrogens with two attached hydrogens (primary N) is 1. The van der Waals surface area contributed by atoms with Gasteiger partial charge in [0.2, 0.25) is 0 Å². The normalized spacial score (nSPS) is 18.9. The van der Waals surface area contributed by atoms with Crippen LogP contribution in [-0.2, 0) is 9.84 Å². The van der Waals surface area contributed by atoms with Crippen molar-refractivity contribution in [3.63, 3.8) is 0 Å². The van der Waals surface area contributed by atoms with Gasteiger partial charge < -0.3 is 5.73 Å². The minimum absolute atomic E-state index is 0.0436. The van der Waals surface area contributed by atoms with E-state index >= 15 is 0 Å². The first-order valence-electron chi connectivity index (χ1n) is 5.15. The third kappa shape index (κ3) is 2.93. The molecule has 0 spiro atoms. The first-order chi connectivity index (χ1) is 8.81. The Hall–Kier alpha value is -1.06. The van der Waals surface area contributed by atoms with Crippen molar-refractivity contribution in [2.75, 3.05) is 5.75 Å². The smallest absolute Gasteiger partial charge is 0.184 e. The molecule has 0 radical (unpaired) electrons. The topological polar surface area (TPSA) is 84.5 Å². The first-order valence-corrected chi connectivity index (χ1v) is 8.01. The van der Waals surface area contributed by atoms with E-state index in [1.165, 1.54) is 0 Å². The van der Waals surface area contributed by atoms with Crippen LogP contribution >= 0.6 is 28.1 Å². The van der Waals surface area contributed by atoms with E-state index in [2.05, 4.69) is 38.7 Å². The molecule has 0 aliphatic carbocycles. The fourth-order valence-corrected chi connectivity index (χ4v) is 4.55. The molecule has 1 heterocycles. The maximum atomic E-state index is 13.4. The van der Waals surface area contributed by atoms with Crippen LogP contribution in [0.3, 0.4) is 0 Å². The molecule has 1 aromatic carbocycles. The van der Waals surface area contributed by atoms with E-state index in [0.717, 1.165) is 12.1 Å². The molecule has 3 N–H and O–H groups in total. The molecule has 1 aliphatic heterocycles. The van der Waals surface area contributed by atoms with Gasteiger partial charge in [0, 0.05) is 16.5 Å². The molecular weight excluding hydrogens is 357 g/mol. The van der Waals surface area contributed by atoms with Gasteiger partial charge in [0.25, 0.3) is 0 Å². The van der Waals surface area contributed by atoms with Crippen molar-refractivity contribution in [3.05, 3.63) is 28.0 Å². The summed E-state index contributed by atoms with van der Waals surface area (Å²) in [5.41, 5.74) is 8.27. The number of halogens is 2. The molecule has 19 heavy (non-hydrogen) atoms. The van der Waals surface area contributed by atoms with Crippen molar-refractivity contribution >= 4 is 48.8 Å². The number of benzene rings is 1. The maximum Gasteiger partial charge on any atom is 0.184 e. The largest absolute Gasteiger partial charge is 0.375 e. The van der Waals surface area contributed by atoms with Crippen LogP contribution in [0.1, 0.15) is 12.0 Å². The summed E-state index contributed by atoms with van der Waals surface area (Å²) in [5, 5.41) is 3.88. The highest BCUT2D eigenvalue weighted by atomic mass is 79.9. The molecule has 9 heteroatoms. The second kappa shape index (κ2) is 5.14. The van der Waals surface area contributed by atoms with E-state index in [0.29, 0.717) is 5.71 Å². The van der Waals surface area contributed by atoms with Crippen molar-refractivity contribution < 1.29 is 12.8 Å². The van der Waals surface area contributed by atoms with Crippen molar-refractivity contribution in [1.29, 1.82) is 0 Å². The first kappa shape index (κ1) is 14.4. The van der Waals surface area contributed by atoms with Crippen LogP contribution in [0.25, 0.3) is 0 Å². The molecule has 102 valence electrons. The minimum atomic E-state index is -3.45. The fourth-order valence-electron chi connectivity index (χ4n) is 1.80. The Balaban J connectivity index is 2.64. The molecule has 0 unspecified atom stereocenters. The van der Waals surface area contributed by atoms with E-state index in [1.54, 1.807) is 0 Å². The average molecular weight is 366 g/mol. The lowest BCUT2D eigenvalue weighted by Gasteiger charge is -2.19. The predicted octanol–water partition coefficient (Wildman–Crippen LogP) is 1.30. The second-order valence-corrected chi connectivity index (χ2v) is 7.21. The number of hydrogen-bond donors (Lipinski definition) is 2. The zero-order chi connectivity index (χ0) is 14.2. The highest BCUT2D eigenvalue weighted by Gasteiger charge is 2.30. The highest BCUT2D eigenvalue weighted by molar-refractivity contribution is 9.10. The Kier molecular flexibility index (Phi) is 3.88. The van der Waals surface area contributed by atoms with Gasteiger partial charge in [-0.15, -0.1) is 0 Å². The van der Waals surface area contributed by atoms with Crippen LogP contribution in [-0.4, -0.2) is 25.0 Å². The minimum Gasteiger partial charge on any atom is -0.375 e. The molecule has 2 rings (SSSR count). The monoisotopic (exact) mass is 365 g/mol. The molecule has 5 nitrogen and oxygen atoms in total. The molecule has 0 saturated heterocycles. The van der Waals surface area contributed by atoms with Gasteiger partial charge in [0.1, 0.15) is 5.82 Å². The summed E-state index contributed by atoms with van der Waals surface area (Å²) in [4.78, 5) is 0.0450. The summed E-state index contributed by atoms with van der Waals surface area (Å²) in [6, 6.07) is 2.25. The van der Waals surface area contributed by atoms with Gasteiger partial charge in [-0.1, -0.05) is 0 Å². The van der Waals surface area contributed by atoms with E-state index < -0.39 is 15.7 Å². The number of rotatable bonds is 1. The van der Waals surface area contributed by atoms with Crippen LogP contribution in [0.2, 0.25) is 0 Å². The van der Waals surface area contributed by atoms with Crippen LogP contribution in [0.4, 0.5) is 4.39 Å². The van der Waals surface area contributed by atoms with Crippen LogP contribution in [0.15, 0.2) is 26.6 Å². The second-order valence-electron chi connectivity index (χ2n) is 3.87. The number of nitrogens with one attached hydrogen (secondary N) is 1. The Bertz CT molecular complexity index is 688. The molecule has 1 aromatic rings. The Morgan fingerprint density at radius 1 is 1.53 bits per heavy atom. The molecule has 1 aliphatic rings. The van der Waals surface area contributed by atoms with E-state index in [4.69, 9.17) is 5.73 Å². The van der Waals surface area contributed by atoms with Gasteiger partial charge in [-0.05, 0) is 40.3 Å². The van der Waals surface area contributed by atoms with Crippen molar-refractivity contribution in [3.8, 4) is 0 Å². The Morgan fingerprint density at radius 3 is 2.84 bits per heavy atom. The standard InChI is InChI=1S/C10H9BrFN3O2S2/c11-7-4-5(12)3-6-8(14-15-10(13)18)1-2-19(16,17)9(6)7/h3-4H,1-2H2,(H3,13,15,18)/b14-8+. The summed E-state index contributed by atoms with van der Waals surface area (Å²) < 4.78 is 37.6. The van der Waals surface area contributed by atoms with E-state index in [9.17, 15) is 12.8 Å². The van der Waals surface area contributed by atoms with Crippen molar-refractivity contribution in [2.24, 2.45) is 10.8 Å². The van der Waals surface area contributed by atoms with Crippen molar-refractivity contribution in [2.45, 2.75) is 11.3 Å². The summed E-state index contributed by atoms with van der Waals surface area (Å²) >= 11 is 7.69. The molecule has 0 fully saturated rings. The summed E-state index contributed by atoms with van der Waals surface area (Å²) in [5.74, 6) is -0.645. The Labute approximate surface area is 123 Å². The molecule has 0 atom stereocenters. The number of thiocarbonyl (C=S) groups is 1. The Morgan fingerprint density at radius 2 is 2.21 bits per heavy atom. The third-order valence-corrected chi connectivity index (χ3v) is 5.32. The van der Waals surface area contributed by atoms with E-state index in [-0.39, 0.29) is 32.2 Å². The van der Waals surface area contributed by atoms with Crippen LogP contribution in [0, 0.1) is 5.82 Å². The van der Waals surface area contributed by atoms with Gasteiger partial charge in [-0.3, -0.25) is 5.43 Å². The number of fused-ring (bicyclic) bond motifs is 1. The van der Waals surface area contributed by atoms with Crippen LogP contribution in [0.5, 0.6) is 0 Å². The molecule has 0 saturated carbocycles. The fraction of sp³-hybridized carbons (Fsp3) is 0.200. The number of nitrogens with zero attached hydrogens (tertiary/aromatic N) is 1. The van der Waals surface area contributed by atoms with Gasteiger partial charge >= 0.3 is 0 Å². The lowest BCUT2D eigenvalue weighted by atomic mass is 10.1. The van der Waals surface area contributed by atoms with Gasteiger partial charge in [0.05, 0.1) is 16.4 Å². The lowest BCUT2D eigenvalue weighted by molar-refractivity contribution is 0.592. The molecule has 0 aromatic heterocycles. The van der Waals surface area contributed by atoms with Crippen molar-refractivity contribution in [1.82, 2.24) is 5.43 Å². The SMILES string of the molecule is NC(=S)N/N=C1\CCS(=O)(=O)c2c(Br)cc(F)cc21. The predicted molar refractivity (Wildman–Crippen MR) is 77.2 cm³/mol. The summed E-state index contributed by atoms with van der Waals surface area (Å²) in [6.07, 6.45) is 0.167. The zero-order valence-corrected chi connectivity index (χ0v) is 12.7. The number of sulfone groups is 1. The third-order valence-electron chi connectivity index (χ3n) is 2.54. The molecular formula is C10H9BrFN3O2S2.